The van der Waals surface area contributed by atoms with Gasteiger partial charge in [0.1, 0.15) is 0 Å². The second-order valence-electron chi connectivity index (χ2n) is 5.13. The maximum atomic E-state index is 12.3. The van der Waals surface area contributed by atoms with E-state index in [0.717, 1.165) is 0 Å². The zero-order chi connectivity index (χ0) is 17.9. The Morgan fingerprint density at radius 3 is 2.29 bits per heavy atom. The van der Waals surface area contributed by atoms with Gasteiger partial charge in [-0.2, -0.15) is 0 Å². The summed E-state index contributed by atoms with van der Waals surface area (Å²) in [4.78, 5) is 12.8. The van der Waals surface area contributed by atoms with Gasteiger partial charge < -0.3 is 4.90 Å². The molecule has 0 saturated carbocycles. The number of benzene rings is 2. The third kappa shape index (κ3) is 4.48. The van der Waals surface area contributed by atoms with Crippen molar-refractivity contribution in [3.63, 3.8) is 0 Å². The summed E-state index contributed by atoms with van der Waals surface area (Å²) in [6.07, 6.45) is 0. The Bertz CT molecular complexity index is 852. The summed E-state index contributed by atoms with van der Waals surface area (Å²) in [7, 11) is -2.08. The molecule has 2 aromatic rings. The summed E-state index contributed by atoms with van der Waals surface area (Å²) in [5.41, 5.74) is 1.24. The van der Waals surface area contributed by atoms with Crippen molar-refractivity contribution >= 4 is 44.8 Å². The van der Waals surface area contributed by atoms with Crippen LogP contribution in [-0.4, -0.2) is 21.4 Å². The number of nitrogens with zero attached hydrogens (tertiary/aromatic N) is 1. The molecule has 0 radical (unpaired) electrons. The fraction of sp³-hybridized carbons (Fsp3) is 0.188. The highest BCUT2D eigenvalue weighted by Gasteiger charge is 2.15. The van der Waals surface area contributed by atoms with Crippen LogP contribution in [0.4, 0.5) is 5.69 Å². The normalized spacial score (nSPS) is 11.3. The first-order chi connectivity index (χ1) is 11.2. The molecule has 0 saturated heterocycles. The Labute approximate surface area is 151 Å². The molecule has 0 spiro atoms. The van der Waals surface area contributed by atoms with Gasteiger partial charge in [0, 0.05) is 36.2 Å². The molecule has 0 unspecified atom stereocenters. The van der Waals surface area contributed by atoms with Crippen LogP contribution in [0.25, 0.3) is 0 Å². The molecule has 0 aliphatic rings. The van der Waals surface area contributed by atoms with Crippen molar-refractivity contribution in [3.05, 3.63) is 58.1 Å². The lowest BCUT2D eigenvalue weighted by atomic mass is 10.2. The first-order valence-electron chi connectivity index (χ1n) is 6.98. The first kappa shape index (κ1) is 18.7. The van der Waals surface area contributed by atoms with Crippen molar-refractivity contribution in [2.75, 3.05) is 11.9 Å². The van der Waals surface area contributed by atoms with E-state index in [1.54, 1.807) is 37.4 Å². The molecule has 24 heavy (non-hydrogen) atoms. The molecule has 5 nitrogen and oxygen atoms in total. The van der Waals surface area contributed by atoms with E-state index < -0.39 is 10.0 Å². The summed E-state index contributed by atoms with van der Waals surface area (Å²) < 4.78 is 27.2. The van der Waals surface area contributed by atoms with Gasteiger partial charge in [-0.15, -0.1) is 0 Å². The lowest BCUT2D eigenvalue weighted by Gasteiger charge is -2.15. The van der Waals surface area contributed by atoms with Gasteiger partial charge in [0.25, 0.3) is 0 Å². The quantitative estimate of drug-likeness (QED) is 0.855. The Morgan fingerprint density at radius 1 is 1.12 bits per heavy atom. The van der Waals surface area contributed by atoms with Crippen LogP contribution in [0.15, 0.2) is 47.4 Å². The SMILES string of the molecule is CC(=O)N(C)c1ccc(S(=O)(=O)NCc2ccc(Cl)cc2Cl)cc1. The van der Waals surface area contributed by atoms with Crippen LogP contribution in [0.2, 0.25) is 10.0 Å². The summed E-state index contributed by atoms with van der Waals surface area (Å²) in [5.74, 6) is -0.138. The molecule has 2 rings (SSSR count). The molecule has 8 heteroatoms. The number of carbonyl (C=O) groups excluding carboxylic acids is 1. The lowest BCUT2D eigenvalue weighted by molar-refractivity contribution is -0.116. The van der Waals surface area contributed by atoms with Gasteiger partial charge in [-0.25, -0.2) is 13.1 Å². The van der Waals surface area contributed by atoms with Crippen LogP contribution in [0.5, 0.6) is 0 Å². The van der Waals surface area contributed by atoms with Crippen molar-refractivity contribution in [2.45, 2.75) is 18.4 Å². The van der Waals surface area contributed by atoms with E-state index in [2.05, 4.69) is 4.72 Å². The lowest BCUT2D eigenvalue weighted by Crippen LogP contribution is -2.24. The minimum atomic E-state index is -3.69. The number of hydrogen-bond acceptors (Lipinski definition) is 3. The van der Waals surface area contributed by atoms with Gasteiger partial charge in [-0.05, 0) is 42.0 Å². The molecule has 2 aromatic carbocycles. The van der Waals surface area contributed by atoms with Gasteiger partial charge >= 0.3 is 0 Å². The molecule has 0 aromatic heterocycles. The van der Waals surface area contributed by atoms with E-state index in [1.807, 2.05) is 0 Å². The summed E-state index contributed by atoms with van der Waals surface area (Å²) in [6, 6.07) is 10.9. The van der Waals surface area contributed by atoms with Crippen molar-refractivity contribution in [1.29, 1.82) is 0 Å². The van der Waals surface area contributed by atoms with E-state index in [1.165, 1.54) is 24.0 Å². The molecule has 0 atom stereocenters. The number of nitrogens with one attached hydrogen (secondary N) is 1. The highest BCUT2D eigenvalue weighted by Crippen LogP contribution is 2.22. The molecule has 0 aliphatic carbocycles. The van der Waals surface area contributed by atoms with Crippen LogP contribution in [0.1, 0.15) is 12.5 Å². The van der Waals surface area contributed by atoms with E-state index >= 15 is 0 Å². The van der Waals surface area contributed by atoms with Crippen LogP contribution in [0.3, 0.4) is 0 Å². The van der Waals surface area contributed by atoms with Crippen LogP contribution < -0.4 is 9.62 Å². The molecule has 1 amide bonds. The molecular weight excluding hydrogens is 371 g/mol. The zero-order valence-corrected chi connectivity index (χ0v) is 15.4. The number of amides is 1. The molecular formula is C16H16Cl2N2O3S. The van der Waals surface area contributed by atoms with Crippen molar-refractivity contribution in [2.24, 2.45) is 0 Å². The Balaban J connectivity index is 2.14. The molecule has 0 fully saturated rings. The van der Waals surface area contributed by atoms with E-state index in [9.17, 15) is 13.2 Å². The minimum absolute atomic E-state index is 0.0490. The molecule has 0 aliphatic heterocycles. The maximum absolute atomic E-state index is 12.3. The highest BCUT2D eigenvalue weighted by atomic mass is 35.5. The fourth-order valence-corrected chi connectivity index (χ4v) is 3.43. The average Bonchev–Trinajstić information content (AvgIpc) is 2.53. The van der Waals surface area contributed by atoms with Gasteiger partial charge in [-0.3, -0.25) is 4.79 Å². The molecule has 128 valence electrons. The minimum Gasteiger partial charge on any atom is -0.316 e. The van der Waals surface area contributed by atoms with E-state index in [-0.39, 0.29) is 17.3 Å². The number of sulfonamides is 1. The number of anilines is 1. The van der Waals surface area contributed by atoms with Crippen molar-refractivity contribution in [3.8, 4) is 0 Å². The number of hydrogen-bond donors (Lipinski definition) is 1. The Kier molecular flexibility index (Phi) is 5.87. The number of rotatable bonds is 5. The van der Waals surface area contributed by atoms with Gasteiger partial charge in [0.2, 0.25) is 15.9 Å². The number of halogens is 2. The van der Waals surface area contributed by atoms with Gasteiger partial charge in [-0.1, -0.05) is 29.3 Å². The predicted molar refractivity (Wildman–Crippen MR) is 96.0 cm³/mol. The Hall–Kier alpha value is -1.60. The predicted octanol–water partition coefficient (Wildman–Crippen LogP) is 3.45. The Morgan fingerprint density at radius 2 is 1.75 bits per heavy atom. The van der Waals surface area contributed by atoms with Gasteiger partial charge in [0.15, 0.2) is 0 Å². The highest BCUT2D eigenvalue weighted by molar-refractivity contribution is 7.89. The fourth-order valence-electron chi connectivity index (χ4n) is 1.95. The summed E-state index contributed by atoms with van der Waals surface area (Å²) >= 11 is 11.8. The van der Waals surface area contributed by atoms with Crippen LogP contribution >= 0.6 is 23.2 Å². The molecule has 0 heterocycles. The monoisotopic (exact) mass is 386 g/mol. The largest absolute Gasteiger partial charge is 0.316 e. The second kappa shape index (κ2) is 7.53. The molecule has 1 N–H and O–H groups in total. The third-order valence-electron chi connectivity index (χ3n) is 3.47. The van der Waals surface area contributed by atoms with Crippen LogP contribution in [0, 0.1) is 0 Å². The summed E-state index contributed by atoms with van der Waals surface area (Å²) in [5, 5.41) is 0.875. The third-order valence-corrected chi connectivity index (χ3v) is 5.48. The molecule has 0 bridgehead atoms. The van der Waals surface area contributed by atoms with Gasteiger partial charge in [0.05, 0.1) is 4.90 Å². The van der Waals surface area contributed by atoms with Crippen LogP contribution in [-0.2, 0) is 21.4 Å². The first-order valence-corrected chi connectivity index (χ1v) is 9.22. The topological polar surface area (TPSA) is 66.5 Å². The smallest absolute Gasteiger partial charge is 0.240 e. The average molecular weight is 387 g/mol. The van der Waals surface area contributed by atoms with E-state index in [4.69, 9.17) is 23.2 Å². The maximum Gasteiger partial charge on any atom is 0.240 e. The zero-order valence-electron chi connectivity index (χ0n) is 13.1. The van der Waals surface area contributed by atoms with E-state index in [0.29, 0.717) is 21.3 Å². The standard InChI is InChI=1S/C16H16Cl2N2O3S/c1-11(21)20(2)14-5-7-15(8-6-14)24(22,23)19-10-12-3-4-13(17)9-16(12)18/h3-9,19H,10H2,1-2H3. The van der Waals surface area contributed by atoms with Crippen molar-refractivity contribution < 1.29 is 13.2 Å². The second-order valence-corrected chi connectivity index (χ2v) is 7.74. The number of carbonyl (C=O) groups is 1. The van der Waals surface area contributed by atoms with Crippen molar-refractivity contribution in [1.82, 2.24) is 4.72 Å². The summed E-state index contributed by atoms with van der Waals surface area (Å²) in [6.45, 7) is 1.48.